The molecule has 4 aromatic carbocycles. The van der Waals surface area contributed by atoms with E-state index in [0.717, 1.165) is 5.56 Å². The molecular formula is C49H57N5O9S. The summed E-state index contributed by atoms with van der Waals surface area (Å²) in [5.74, 6) is -2.16. The number of methoxy groups -OCH3 is 1. The summed E-state index contributed by atoms with van der Waals surface area (Å²) in [7, 11) is -2.91. The molecule has 338 valence electrons. The molecule has 0 saturated carbocycles. The first-order chi connectivity index (χ1) is 30.0. The number of carbonyl (C=O) groups is 4. The van der Waals surface area contributed by atoms with E-state index in [-0.39, 0.29) is 17.9 Å². The van der Waals surface area contributed by atoms with E-state index < -0.39 is 74.5 Å². The number of hydrogen-bond donors (Lipinski definition) is 3. The highest BCUT2D eigenvalue weighted by Crippen LogP contribution is 2.36. The number of aromatic nitrogens is 1. The third kappa shape index (κ3) is 10.3. The van der Waals surface area contributed by atoms with Gasteiger partial charge < -0.3 is 29.7 Å². The number of fused-ring (bicyclic) bond motifs is 2. The highest BCUT2D eigenvalue weighted by Gasteiger charge is 2.49. The number of hydrogen-bond acceptors (Lipinski definition) is 10. The molecule has 5 atom stereocenters. The molecule has 2 heterocycles. The lowest BCUT2D eigenvalue weighted by Gasteiger charge is -2.38. The van der Waals surface area contributed by atoms with Gasteiger partial charge >= 0.3 is 6.09 Å². The average Bonchev–Trinajstić information content (AvgIpc) is 3.67. The molecule has 3 N–H and O–H groups in total. The third-order valence-corrected chi connectivity index (χ3v) is 12.7. The zero-order valence-electron chi connectivity index (χ0n) is 37.7. The maximum atomic E-state index is 14.9. The fraction of sp³-hybridized carbons (Fsp3) is 0.367. The van der Waals surface area contributed by atoms with Crippen LogP contribution in [0.1, 0.15) is 61.8 Å². The zero-order chi connectivity index (χ0) is 46.8. The Labute approximate surface area is 374 Å². The Hall–Kier alpha value is -6.48. The van der Waals surface area contributed by atoms with Gasteiger partial charge in [-0.15, -0.1) is 6.58 Å². The molecule has 6 rings (SSSR count). The van der Waals surface area contributed by atoms with Gasteiger partial charge in [0, 0.05) is 40.8 Å². The first-order valence-corrected chi connectivity index (χ1v) is 22.5. The van der Waals surface area contributed by atoms with Crippen LogP contribution < -0.4 is 24.8 Å². The maximum Gasteiger partial charge on any atom is 0.408 e. The van der Waals surface area contributed by atoms with Crippen molar-refractivity contribution in [1.82, 2.24) is 25.2 Å². The van der Waals surface area contributed by atoms with E-state index in [1.54, 1.807) is 110 Å². The molecule has 1 aromatic heterocycles. The number of nitrogens with zero attached hydrogens (tertiary/aromatic N) is 2. The minimum Gasteiger partial charge on any atom is -0.497 e. The minimum atomic E-state index is -4.47. The van der Waals surface area contributed by atoms with Crippen LogP contribution in [0.25, 0.3) is 32.9 Å². The molecule has 1 saturated heterocycles. The Morgan fingerprint density at radius 1 is 0.875 bits per heavy atom. The molecule has 0 bridgehead atoms. The molecule has 4 amide bonds. The van der Waals surface area contributed by atoms with Crippen molar-refractivity contribution in [3.63, 3.8) is 0 Å². The Kier molecular flexibility index (Phi) is 13.5. The van der Waals surface area contributed by atoms with Crippen molar-refractivity contribution in [2.75, 3.05) is 13.7 Å². The molecule has 1 aliphatic rings. The van der Waals surface area contributed by atoms with Crippen LogP contribution in [0.3, 0.4) is 0 Å². The summed E-state index contributed by atoms with van der Waals surface area (Å²) in [6.45, 7) is 17.2. The summed E-state index contributed by atoms with van der Waals surface area (Å²) >= 11 is 0. The van der Waals surface area contributed by atoms with Crippen molar-refractivity contribution in [2.45, 2.75) is 96.0 Å². The summed E-state index contributed by atoms with van der Waals surface area (Å²) in [4.78, 5) is 63.4. The maximum absolute atomic E-state index is 14.9. The second-order valence-corrected chi connectivity index (χ2v) is 20.0. The number of nitrogens with one attached hydrogen (secondary N) is 3. The van der Waals surface area contributed by atoms with Gasteiger partial charge in [-0.2, -0.15) is 0 Å². The summed E-state index contributed by atoms with van der Waals surface area (Å²) in [6, 6.07) is 25.9. The SMILES string of the molecule is C=C[C@H](C)[C@](C)(NC(=O)[C@@H]1C[C@@H](Oc2cc(-c3ccccc3)nc3cc(OC)ccc23)CN1C(=O)C(NC(=O)OC(C)(C)C)C(C)(C)C)C(=O)NS(=O)(=O)c1cccc2ccccc12. The molecule has 15 heteroatoms. The molecule has 0 aliphatic carbocycles. The van der Waals surface area contributed by atoms with Crippen LogP contribution in [0.5, 0.6) is 11.5 Å². The van der Waals surface area contributed by atoms with Crippen molar-refractivity contribution >= 4 is 55.5 Å². The number of ether oxygens (including phenoxy) is 3. The largest absolute Gasteiger partial charge is 0.497 e. The van der Waals surface area contributed by atoms with Crippen molar-refractivity contribution in [3.05, 3.63) is 110 Å². The predicted molar refractivity (Wildman–Crippen MR) is 246 cm³/mol. The second kappa shape index (κ2) is 18.3. The summed E-state index contributed by atoms with van der Waals surface area (Å²) in [5.41, 5.74) is -1.61. The van der Waals surface area contributed by atoms with Crippen LogP contribution in [-0.2, 0) is 29.1 Å². The molecule has 14 nitrogen and oxygen atoms in total. The van der Waals surface area contributed by atoms with E-state index in [4.69, 9.17) is 19.2 Å². The number of likely N-dealkylation sites (tertiary alicyclic amines) is 1. The molecule has 1 aliphatic heterocycles. The second-order valence-electron chi connectivity index (χ2n) is 18.3. The number of rotatable bonds is 13. The quantitative estimate of drug-likeness (QED) is 0.0999. The smallest absolute Gasteiger partial charge is 0.408 e. The fourth-order valence-electron chi connectivity index (χ4n) is 7.62. The van der Waals surface area contributed by atoms with Crippen molar-refractivity contribution in [3.8, 4) is 22.8 Å². The summed E-state index contributed by atoms with van der Waals surface area (Å²) in [6.07, 6.45) is -0.225. The highest BCUT2D eigenvalue weighted by molar-refractivity contribution is 7.90. The lowest BCUT2D eigenvalue weighted by Crippen LogP contribution is -2.64. The summed E-state index contributed by atoms with van der Waals surface area (Å²) in [5, 5.41) is 7.27. The molecule has 5 aromatic rings. The molecule has 1 fully saturated rings. The van der Waals surface area contributed by atoms with Crippen LogP contribution >= 0.6 is 0 Å². The van der Waals surface area contributed by atoms with Gasteiger partial charge in [0.2, 0.25) is 11.8 Å². The van der Waals surface area contributed by atoms with E-state index >= 15 is 0 Å². The normalized spacial score (nSPS) is 17.4. The lowest BCUT2D eigenvalue weighted by atomic mass is 9.85. The molecular weight excluding hydrogens is 835 g/mol. The van der Waals surface area contributed by atoms with E-state index in [1.165, 1.54) is 24.0 Å². The van der Waals surface area contributed by atoms with Gasteiger partial charge in [-0.3, -0.25) is 14.4 Å². The van der Waals surface area contributed by atoms with Crippen molar-refractivity contribution in [1.29, 1.82) is 0 Å². The van der Waals surface area contributed by atoms with Gasteiger partial charge in [0.1, 0.15) is 40.8 Å². The van der Waals surface area contributed by atoms with Crippen LogP contribution in [-0.4, -0.2) is 85.1 Å². The monoisotopic (exact) mass is 891 g/mol. The lowest BCUT2D eigenvalue weighted by molar-refractivity contribution is -0.143. The van der Waals surface area contributed by atoms with Gasteiger partial charge in [0.25, 0.3) is 15.9 Å². The Bertz CT molecular complexity index is 2690. The molecule has 1 unspecified atom stereocenters. The van der Waals surface area contributed by atoms with E-state index in [2.05, 4.69) is 21.9 Å². The fourth-order valence-corrected chi connectivity index (χ4v) is 8.92. The van der Waals surface area contributed by atoms with Crippen LogP contribution in [0.15, 0.2) is 115 Å². The number of amides is 4. The Balaban J connectivity index is 1.38. The first-order valence-electron chi connectivity index (χ1n) is 21.0. The number of pyridine rings is 1. The van der Waals surface area contributed by atoms with E-state index in [1.807, 2.05) is 36.4 Å². The van der Waals surface area contributed by atoms with E-state index in [0.29, 0.717) is 38.9 Å². The zero-order valence-corrected chi connectivity index (χ0v) is 38.5. The standard InChI is InChI=1S/C49H57N5O9S/c1-11-30(2)49(9,45(57)53-64(59,60)41-23-17-21-31-18-15-16-22-35(31)41)52-43(55)39-27-34(29-54(39)44(56)42(47(3,4)5)51-46(58)63-48(6,7)8)62-40-28-37(32-19-13-12-14-20-32)50-38-26-33(61-10)24-25-36(38)40/h11-26,28,30,34,39,42H,1,27,29H2,2-10H3,(H,51,58)(H,52,55)(H,53,57)/t30-,34+,39-,42?,49-/m0/s1. The molecule has 0 spiro atoms. The number of sulfonamides is 1. The Morgan fingerprint density at radius 2 is 1.55 bits per heavy atom. The average molecular weight is 892 g/mol. The van der Waals surface area contributed by atoms with Crippen molar-refractivity contribution in [2.24, 2.45) is 11.3 Å². The van der Waals surface area contributed by atoms with E-state index in [9.17, 15) is 27.6 Å². The predicted octanol–water partition coefficient (Wildman–Crippen LogP) is 7.55. The molecule has 0 radical (unpaired) electrons. The minimum absolute atomic E-state index is 0.0456. The first kappa shape index (κ1) is 47.0. The van der Waals surface area contributed by atoms with Gasteiger partial charge in [0.15, 0.2) is 0 Å². The molecule has 64 heavy (non-hydrogen) atoms. The number of benzene rings is 4. The number of alkyl carbamates (subject to hydrolysis) is 1. The number of carbonyl (C=O) groups excluding carboxylic acids is 4. The highest BCUT2D eigenvalue weighted by atomic mass is 32.2. The van der Waals surface area contributed by atoms with Crippen LogP contribution in [0.2, 0.25) is 0 Å². The van der Waals surface area contributed by atoms with Gasteiger partial charge in [-0.05, 0) is 56.7 Å². The van der Waals surface area contributed by atoms with Gasteiger partial charge in [-0.1, -0.05) is 101 Å². The third-order valence-electron chi connectivity index (χ3n) is 11.3. The Morgan fingerprint density at radius 3 is 2.20 bits per heavy atom. The van der Waals surface area contributed by atoms with Crippen molar-refractivity contribution < 1.29 is 41.8 Å². The topological polar surface area (TPSA) is 182 Å². The van der Waals surface area contributed by atoms with Crippen LogP contribution in [0, 0.1) is 11.3 Å². The van der Waals surface area contributed by atoms with Crippen LogP contribution in [0.4, 0.5) is 4.79 Å². The van der Waals surface area contributed by atoms with Gasteiger partial charge in [-0.25, -0.2) is 22.9 Å². The van der Waals surface area contributed by atoms with Gasteiger partial charge in [0.05, 0.1) is 29.8 Å². The summed E-state index contributed by atoms with van der Waals surface area (Å²) < 4.78 is 47.8.